The van der Waals surface area contributed by atoms with Crippen LogP contribution in [0.3, 0.4) is 0 Å². The number of carbonyl (C=O) groups excluding carboxylic acids is 1. The molecule has 0 radical (unpaired) electrons. The first-order chi connectivity index (χ1) is 11.2. The average Bonchev–Trinajstić information content (AvgIpc) is 3.03. The van der Waals surface area contributed by atoms with Crippen molar-refractivity contribution in [3.8, 4) is 11.5 Å². The van der Waals surface area contributed by atoms with Crippen molar-refractivity contribution in [2.75, 3.05) is 11.1 Å². The summed E-state index contributed by atoms with van der Waals surface area (Å²) in [4.78, 5) is 11.9. The average molecular weight is 328 g/mol. The van der Waals surface area contributed by atoms with Crippen molar-refractivity contribution in [1.82, 2.24) is 10.2 Å². The molecule has 0 atom stereocenters. The summed E-state index contributed by atoms with van der Waals surface area (Å²) in [5, 5.41) is 22.1. The third-order valence-electron chi connectivity index (χ3n) is 2.83. The van der Waals surface area contributed by atoms with Crippen molar-refractivity contribution in [3.05, 3.63) is 59.9 Å². The van der Waals surface area contributed by atoms with E-state index in [9.17, 15) is 10.0 Å². The SMILES string of the molecule is O=C(CSc1cccc[n+]1[O-])Nc1nnc(-c2ccccc2)o1. The van der Waals surface area contributed by atoms with E-state index in [-0.39, 0.29) is 17.7 Å². The maximum Gasteiger partial charge on any atom is 0.322 e. The summed E-state index contributed by atoms with van der Waals surface area (Å²) in [7, 11) is 0. The van der Waals surface area contributed by atoms with Crippen molar-refractivity contribution in [2.45, 2.75) is 5.03 Å². The number of nitrogens with one attached hydrogen (secondary N) is 1. The molecule has 0 saturated carbocycles. The minimum atomic E-state index is -0.331. The highest BCUT2D eigenvalue weighted by molar-refractivity contribution is 7.99. The Morgan fingerprint density at radius 3 is 2.74 bits per heavy atom. The normalized spacial score (nSPS) is 10.4. The Balaban J connectivity index is 1.58. The zero-order valence-electron chi connectivity index (χ0n) is 11.9. The standard InChI is InChI=1S/C15H12N4O3S/c20-12(10-23-13-8-4-5-9-19(13)21)16-15-18-17-14(22-15)11-6-2-1-3-7-11/h1-9H,10H2,(H,16,18,20). The van der Waals surface area contributed by atoms with Crippen molar-refractivity contribution in [2.24, 2.45) is 0 Å². The molecule has 8 heteroatoms. The van der Waals surface area contributed by atoms with E-state index in [1.165, 1.54) is 6.20 Å². The van der Waals surface area contributed by atoms with Crippen LogP contribution in [0.4, 0.5) is 6.01 Å². The Morgan fingerprint density at radius 1 is 1.17 bits per heavy atom. The highest BCUT2D eigenvalue weighted by Gasteiger charge is 2.13. The van der Waals surface area contributed by atoms with Crippen molar-refractivity contribution >= 4 is 23.7 Å². The molecular formula is C15H12N4O3S. The van der Waals surface area contributed by atoms with Crippen LogP contribution >= 0.6 is 11.8 Å². The number of thioether (sulfide) groups is 1. The summed E-state index contributed by atoms with van der Waals surface area (Å²) in [6.45, 7) is 0. The first kappa shape index (κ1) is 15.0. The Kier molecular flexibility index (Phi) is 4.53. The van der Waals surface area contributed by atoms with Gasteiger partial charge in [-0.3, -0.25) is 10.1 Å². The van der Waals surface area contributed by atoms with Crippen LogP contribution in [-0.2, 0) is 4.79 Å². The number of carbonyl (C=O) groups is 1. The Bertz CT molecular complexity index is 807. The molecule has 0 aliphatic carbocycles. The van der Waals surface area contributed by atoms with E-state index in [0.717, 1.165) is 17.3 Å². The predicted molar refractivity (Wildman–Crippen MR) is 84.5 cm³/mol. The van der Waals surface area contributed by atoms with Crippen LogP contribution in [0.2, 0.25) is 0 Å². The van der Waals surface area contributed by atoms with E-state index in [1.54, 1.807) is 18.2 Å². The van der Waals surface area contributed by atoms with Gasteiger partial charge in [0.25, 0.3) is 5.03 Å². The van der Waals surface area contributed by atoms with Crippen LogP contribution in [-0.4, -0.2) is 21.9 Å². The summed E-state index contributed by atoms with van der Waals surface area (Å²) in [5.74, 6) is 0.0612. The summed E-state index contributed by atoms with van der Waals surface area (Å²) in [5.41, 5.74) is 0.770. The van der Waals surface area contributed by atoms with E-state index in [0.29, 0.717) is 15.6 Å². The van der Waals surface area contributed by atoms with E-state index < -0.39 is 0 Å². The molecular weight excluding hydrogens is 316 g/mol. The highest BCUT2D eigenvalue weighted by Crippen LogP contribution is 2.19. The maximum absolute atomic E-state index is 11.9. The first-order valence-corrected chi connectivity index (χ1v) is 7.71. The molecule has 0 unspecified atom stereocenters. The van der Waals surface area contributed by atoms with Gasteiger partial charge in [-0.15, -0.1) is 5.10 Å². The van der Waals surface area contributed by atoms with Gasteiger partial charge in [0.2, 0.25) is 11.8 Å². The largest absolute Gasteiger partial charge is 0.618 e. The lowest BCUT2D eigenvalue weighted by atomic mass is 10.2. The molecule has 0 aliphatic rings. The molecule has 3 rings (SSSR count). The van der Waals surface area contributed by atoms with Gasteiger partial charge in [0, 0.05) is 17.7 Å². The van der Waals surface area contributed by atoms with Crippen molar-refractivity contribution < 1.29 is 13.9 Å². The van der Waals surface area contributed by atoms with E-state index >= 15 is 0 Å². The molecule has 1 amide bonds. The number of hydrogen-bond acceptors (Lipinski definition) is 6. The zero-order valence-corrected chi connectivity index (χ0v) is 12.7. The molecule has 23 heavy (non-hydrogen) atoms. The van der Waals surface area contributed by atoms with Crippen molar-refractivity contribution in [3.63, 3.8) is 0 Å². The third-order valence-corrected chi connectivity index (χ3v) is 3.85. The Morgan fingerprint density at radius 2 is 1.96 bits per heavy atom. The number of nitrogens with zero attached hydrogens (tertiary/aromatic N) is 3. The number of benzene rings is 1. The van der Waals surface area contributed by atoms with Gasteiger partial charge in [-0.2, -0.15) is 4.73 Å². The lowest BCUT2D eigenvalue weighted by molar-refractivity contribution is -0.645. The molecule has 2 heterocycles. The molecule has 2 aromatic heterocycles. The topological polar surface area (TPSA) is 95.0 Å². The second kappa shape index (κ2) is 6.93. The molecule has 0 spiro atoms. The molecule has 3 aromatic rings. The van der Waals surface area contributed by atoms with Crippen LogP contribution in [0.25, 0.3) is 11.5 Å². The fourth-order valence-corrected chi connectivity index (χ4v) is 2.50. The smallest absolute Gasteiger partial charge is 0.322 e. The molecule has 1 aromatic carbocycles. The monoisotopic (exact) mass is 328 g/mol. The van der Waals surface area contributed by atoms with Gasteiger partial charge in [-0.25, -0.2) is 0 Å². The number of rotatable bonds is 5. The molecule has 0 saturated heterocycles. The second-order valence-electron chi connectivity index (χ2n) is 4.48. The number of amides is 1. The van der Waals surface area contributed by atoms with E-state index in [4.69, 9.17) is 4.42 Å². The molecule has 7 nitrogen and oxygen atoms in total. The second-order valence-corrected chi connectivity index (χ2v) is 5.48. The van der Waals surface area contributed by atoms with Crippen LogP contribution in [0, 0.1) is 5.21 Å². The van der Waals surface area contributed by atoms with Gasteiger partial charge in [0.15, 0.2) is 6.20 Å². The van der Waals surface area contributed by atoms with Crippen LogP contribution in [0.5, 0.6) is 0 Å². The zero-order chi connectivity index (χ0) is 16.1. The van der Waals surface area contributed by atoms with Crippen LogP contribution in [0.1, 0.15) is 0 Å². The number of aromatic nitrogens is 3. The van der Waals surface area contributed by atoms with Crippen LogP contribution < -0.4 is 10.0 Å². The fraction of sp³-hybridized carbons (Fsp3) is 0.0667. The van der Waals surface area contributed by atoms with Gasteiger partial charge in [0.1, 0.15) is 0 Å². The molecule has 116 valence electrons. The first-order valence-electron chi connectivity index (χ1n) is 6.72. The Labute approximate surface area is 135 Å². The molecule has 1 N–H and O–H groups in total. The summed E-state index contributed by atoms with van der Waals surface area (Å²) >= 11 is 1.13. The summed E-state index contributed by atoms with van der Waals surface area (Å²) < 4.78 is 6.09. The summed E-state index contributed by atoms with van der Waals surface area (Å²) in [6.07, 6.45) is 1.38. The Hall–Kier alpha value is -2.87. The predicted octanol–water partition coefficient (Wildman–Crippen LogP) is 2.10. The van der Waals surface area contributed by atoms with Gasteiger partial charge in [0.05, 0.1) is 5.75 Å². The molecule has 0 bridgehead atoms. The minimum absolute atomic E-state index is 0.0255. The van der Waals surface area contributed by atoms with Gasteiger partial charge in [-0.05, 0) is 30.0 Å². The van der Waals surface area contributed by atoms with Gasteiger partial charge >= 0.3 is 6.01 Å². The fourth-order valence-electron chi connectivity index (χ4n) is 1.79. The maximum atomic E-state index is 11.9. The third kappa shape index (κ3) is 3.86. The van der Waals surface area contributed by atoms with Crippen LogP contribution in [0.15, 0.2) is 64.2 Å². The number of hydrogen-bond donors (Lipinski definition) is 1. The van der Waals surface area contributed by atoms with Gasteiger partial charge in [-0.1, -0.05) is 23.3 Å². The molecule has 0 aliphatic heterocycles. The molecule has 0 fully saturated rings. The number of anilines is 1. The summed E-state index contributed by atoms with van der Waals surface area (Å²) in [6, 6.07) is 14.3. The minimum Gasteiger partial charge on any atom is -0.618 e. The van der Waals surface area contributed by atoms with E-state index in [2.05, 4.69) is 15.5 Å². The lowest BCUT2D eigenvalue weighted by Crippen LogP contribution is -2.28. The number of pyridine rings is 1. The van der Waals surface area contributed by atoms with E-state index in [1.807, 2.05) is 30.3 Å². The quantitative estimate of drug-likeness (QED) is 0.438. The van der Waals surface area contributed by atoms with Gasteiger partial charge < -0.3 is 9.62 Å². The van der Waals surface area contributed by atoms with Crippen molar-refractivity contribution in [1.29, 1.82) is 0 Å². The highest BCUT2D eigenvalue weighted by atomic mass is 32.2. The lowest BCUT2D eigenvalue weighted by Gasteiger charge is -2.02.